The second-order valence-corrected chi connectivity index (χ2v) is 5.34. The molecule has 5 nitrogen and oxygen atoms in total. The zero-order valence-electron chi connectivity index (χ0n) is 12.3. The van der Waals surface area contributed by atoms with E-state index in [0.717, 1.165) is 25.2 Å². The highest BCUT2D eigenvalue weighted by atomic mass is 16.3. The van der Waals surface area contributed by atoms with Crippen molar-refractivity contribution in [1.82, 2.24) is 19.7 Å². The Bertz CT molecular complexity index is 537. The largest absolute Gasteiger partial charge is 0.393 e. The Balaban J connectivity index is 2.02. The molecule has 0 saturated carbocycles. The molecule has 2 rings (SSSR count). The average Bonchev–Trinajstić information content (AvgIpc) is 2.90. The van der Waals surface area contributed by atoms with E-state index in [9.17, 15) is 5.11 Å². The summed E-state index contributed by atoms with van der Waals surface area (Å²) in [6.07, 6.45) is 3.80. The fourth-order valence-corrected chi connectivity index (χ4v) is 2.20. The van der Waals surface area contributed by atoms with Crippen LogP contribution in [0, 0.1) is 6.92 Å². The molecule has 1 unspecified atom stereocenters. The van der Waals surface area contributed by atoms with Crippen LogP contribution in [0.5, 0.6) is 0 Å². The lowest BCUT2D eigenvalue weighted by Gasteiger charge is -2.18. The maximum absolute atomic E-state index is 9.31. The van der Waals surface area contributed by atoms with Crippen LogP contribution in [0.1, 0.15) is 24.5 Å². The molecule has 0 fully saturated rings. The third-order valence-electron chi connectivity index (χ3n) is 3.31. The number of benzene rings is 1. The molecule has 0 aliphatic heterocycles. The van der Waals surface area contributed by atoms with E-state index in [0.29, 0.717) is 0 Å². The van der Waals surface area contributed by atoms with Crippen LogP contribution in [0.4, 0.5) is 0 Å². The Kier molecular flexibility index (Phi) is 4.87. The molecular weight excluding hydrogens is 252 g/mol. The average molecular weight is 274 g/mol. The van der Waals surface area contributed by atoms with Gasteiger partial charge in [-0.2, -0.15) is 5.10 Å². The number of aliphatic hydroxyl groups is 1. The zero-order chi connectivity index (χ0) is 14.5. The summed E-state index contributed by atoms with van der Waals surface area (Å²) >= 11 is 0. The number of aryl methyl sites for hydroxylation is 1. The molecule has 1 atom stereocenters. The highest BCUT2D eigenvalue weighted by molar-refractivity contribution is 5.41. The third kappa shape index (κ3) is 3.88. The van der Waals surface area contributed by atoms with Crippen molar-refractivity contribution < 1.29 is 5.11 Å². The molecule has 1 N–H and O–H groups in total. The van der Waals surface area contributed by atoms with Gasteiger partial charge in [0.25, 0.3) is 0 Å². The molecule has 20 heavy (non-hydrogen) atoms. The lowest BCUT2D eigenvalue weighted by atomic mass is 10.1. The van der Waals surface area contributed by atoms with Crippen LogP contribution in [-0.4, -0.2) is 44.5 Å². The Morgan fingerprint density at radius 2 is 2.20 bits per heavy atom. The molecule has 0 bridgehead atoms. The van der Waals surface area contributed by atoms with E-state index < -0.39 is 0 Å². The summed E-state index contributed by atoms with van der Waals surface area (Å²) in [6.45, 7) is 5.67. The number of hydrogen-bond donors (Lipinski definition) is 1. The standard InChI is InChI=1S/C15H22N4O/c1-12-8-14(9-18(3)7-6-13(2)20)4-5-15(12)19-11-16-10-17-19/h4-5,8,10-11,13,20H,6-7,9H2,1-3H3. The molecular formula is C15H22N4O. The topological polar surface area (TPSA) is 54.2 Å². The number of aliphatic hydroxyl groups excluding tert-OH is 1. The van der Waals surface area contributed by atoms with E-state index in [1.165, 1.54) is 17.5 Å². The van der Waals surface area contributed by atoms with Crippen molar-refractivity contribution in [2.75, 3.05) is 13.6 Å². The number of rotatable bonds is 6. The van der Waals surface area contributed by atoms with Gasteiger partial charge in [-0.15, -0.1) is 0 Å². The summed E-state index contributed by atoms with van der Waals surface area (Å²) < 4.78 is 1.77. The van der Waals surface area contributed by atoms with Crippen LogP contribution in [0.2, 0.25) is 0 Å². The molecule has 5 heteroatoms. The minimum Gasteiger partial charge on any atom is -0.393 e. The molecule has 0 aliphatic carbocycles. The number of hydrogen-bond acceptors (Lipinski definition) is 4. The van der Waals surface area contributed by atoms with E-state index in [-0.39, 0.29) is 6.10 Å². The van der Waals surface area contributed by atoms with Crippen LogP contribution < -0.4 is 0 Å². The molecule has 1 aromatic heterocycles. The van der Waals surface area contributed by atoms with E-state index in [1.54, 1.807) is 11.0 Å². The maximum Gasteiger partial charge on any atom is 0.138 e. The van der Waals surface area contributed by atoms with E-state index in [1.807, 2.05) is 6.92 Å². The SMILES string of the molecule is Cc1cc(CN(C)CCC(C)O)ccc1-n1cncn1. The minimum absolute atomic E-state index is 0.242. The van der Waals surface area contributed by atoms with Gasteiger partial charge in [0.05, 0.1) is 11.8 Å². The van der Waals surface area contributed by atoms with Crippen LogP contribution in [0.3, 0.4) is 0 Å². The Hall–Kier alpha value is -1.72. The molecule has 0 saturated heterocycles. The highest BCUT2D eigenvalue weighted by Gasteiger charge is 2.06. The van der Waals surface area contributed by atoms with Gasteiger partial charge in [-0.3, -0.25) is 0 Å². The first kappa shape index (κ1) is 14.7. The molecule has 0 aliphatic rings. The van der Waals surface area contributed by atoms with Crippen molar-refractivity contribution in [3.63, 3.8) is 0 Å². The molecule has 1 aromatic carbocycles. The summed E-state index contributed by atoms with van der Waals surface area (Å²) in [5.41, 5.74) is 3.49. The minimum atomic E-state index is -0.242. The monoisotopic (exact) mass is 274 g/mol. The quantitative estimate of drug-likeness (QED) is 0.872. The van der Waals surface area contributed by atoms with Gasteiger partial charge in [0.1, 0.15) is 12.7 Å². The van der Waals surface area contributed by atoms with Gasteiger partial charge in [0.2, 0.25) is 0 Å². The first-order valence-corrected chi connectivity index (χ1v) is 6.87. The molecule has 0 amide bonds. The van der Waals surface area contributed by atoms with Crippen LogP contribution in [-0.2, 0) is 6.54 Å². The van der Waals surface area contributed by atoms with Gasteiger partial charge in [-0.25, -0.2) is 9.67 Å². The van der Waals surface area contributed by atoms with Gasteiger partial charge < -0.3 is 10.0 Å². The first-order valence-electron chi connectivity index (χ1n) is 6.87. The molecule has 0 spiro atoms. The van der Waals surface area contributed by atoms with Gasteiger partial charge in [-0.1, -0.05) is 12.1 Å². The van der Waals surface area contributed by atoms with Crippen molar-refractivity contribution in [2.24, 2.45) is 0 Å². The number of aromatic nitrogens is 3. The molecule has 108 valence electrons. The van der Waals surface area contributed by atoms with Crippen LogP contribution >= 0.6 is 0 Å². The van der Waals surface area contributed by atoms with Gasteiger partial charge in [-0.05, 0) is 44.5 Å². The summed E-state index contributed by atoms with van der Waals surface area (Å²) in [5, 5.41) is 13.5. The van der Waals surface area contributed by atoms with Gasteiger partial charge in [0, 0.05) is 13.1 Å². The fraction of sp³-hybridized carbons (Fsp3) is 0.467. The lowest BCUT2D eigenvalue weighted by molar-refractivity contribution is 0.163. The summed E-state index contributed by atoms with van der Waals surface area (Å²) in [4.78, 5) is 6.19. The predicted molar refractivity (Wildman–Crippen MR) is 78.7 cm³/mol. The second-order valence-electron chi connectivity index (χ2n) is 5.34. The first-order chi connectivity index (χ1) is 9.56. The smallest absolute Gasteiger partial charge is 0.138 e. The Labute approximate surface area is 119 Å². The van der Waals surface area contributed by atoms with Gasteiger partial charge in [0.15, 0.2) is 0 Å². The van der Waals surface area contributed by atoms with Crippen molar-refractivity contribution in [2.45, 2.75) is 32.9 Å². The highest BCUT2D eigenvalue weighted by Crippen LogP contribution is 2.15. The van der Waals surface area contributed by atoms with Gasteiger partial charge >= 0.3 is 0 Å². The van der Waals surface area contributed by atoms with Crippen molar-refractivity contribution in [3.8, 4) is 5.69 Å². The second kappa shape index (κ2) is 6.63. The number of nitrogens with zero attached hydrogens (tertiary/aromatic N) is 4. The van der Waals surface area contributed by atoms with E-state index in [4.69, 9.17) is 0 Å². The van der Waals surface area contributed by atoms with Crippen molar-refractivity contribution in [1.29, 1.82) is 0 Å². The maximum atomic E-state index is 9.31. The fourth-order valence-electron chi connectivity index (χ4n) is 2.20. The van der Waals surface area contributed by atoms with E-state index >= 15 is 0 Å². The Morgan fingerprint density at radius 1 is 1.40 bits per heavy atom. The Morgan fingerprint density at radius 3 is 2.80 bits per heavy atom. The summed E-state index contributed by atoms with van der Waals surface area (Å²) in [7, 11) is 2.07. The van der Waals surface area contributed by atoms with Crippen LogP contribution in [0.25, 0.3) is 5.69 Å². The molecule has 0 radical (unpaired) electrons. The van der Waals surface area contributed by atoms with Crippen LogP contribution in [0.15, 0.2) is 30.9 Å². The summed E-state index contributed by atoms with van der Waals surface area (Å²) in [5.74, 6) is 0. The summed E-state index contributed by atoms with van der Waals surface area (Å²) in [6, 6.07) is 6.36. The molecule has 2 aromatic rings. The van der Waals surface area contributed by atoms with E-state index in [2.05, 4.69) is 47.2 Å². The predicted octanol–water partition coefficient (Wildman–Crippen LogP) is 1.78. The van der Waals surface area contributed by atoms with Crippen molar-refractivity contribution >= 4 is 0 Å². The third-order valence-corrected chi connectivity index (χ3v) is 3.31. The normalized spacial score (nSPS) is 12.8. The van der Waals surface area contributed by atoms with Crippen molar-refractivity contribution in [3.05, 3.63) is 42.0 Å². The lowest BCUT2D eigenvalue weighted by Crippen LogP contribution is -2.22. The molecule has 1 heterocycles. The zero-order valence-corrected chi connectivity index (χ0v) is 12.3.